The van der Waals surface area contributed by atoms with Crippen LogP contribution in [0.2, 0.25) is 0 Å². The number of rotatable bonds is 3. The monoisotopic (exact) mass is 405 g/mol. The lowest BCUT2D eigenvalue weighted by Gasteiger charge is -2.32. The van der Waals surface area contributed by atoms with E-state index in [1.807, 2.05) is 19.3 Å². The van der Waals surface area contributed by atoms with Gasteiger partial charge in [-0.1, -0.05) is 11.2 Å². The normalized spacial score (nSPS) is 17.5. The zero-order valence-corrected chi connectivity index (χ0v) is 15.6. The van der Waals surface area contributed by atoms with Gasteiger partial charge in [0.1, 0.15) is 11.4 Å². The highest BCUT2D eigenvalue weighted by molar-refractivity contribution is 5.92. The quantitative estimate of drug-likeness (QED) is 0.667. The van der Waals surface area contributed by atoms with Gasteiger partial charge in [-0.05, 0) is 37.1 Å². The summed E-state index contributed by atoms with van der Waals surface area (Å²) in [4.78, 5) is 22.4. The number of carbonyl (C=O) groups excluding carboxylic acids is 1. The first-order valence-electron chi connectivity index (χ1n) is 9.12. The standard InChI is InChI=1S/C19H18F3N5O2/c1-26-9-4-8-15(26)17(28)27-10-3-5-12(11-27)13-6-2-7-14(23-13)16-24-18(29-25-16)19(20,21)22/h2,4,6-9,12H,3,5,10-11H2,1H3/t12-/m0/s1. The number of halogens is 3. The number of aryl methyl sites for hydroxylation is 1. The molecule has 1 fully saturated rings. The molecule has 3 aromatic heterocycles. The van der Waals surface area contributed by atoms with Gasteiger partial charge in [-0.15, -0.1) is 0 Å². The molecule has 0 saturated carbocycles. The Labute approximate surface area is 164 Å². The van der Waals surface area contributed by atoms with Crippen LogP contribution in [-0.4, -0.2) is 43.6 Å². The number of amides is 1. The van der Waals surface area contributed by atoms with E-state index >= 15 is 0 Å². The van der Waals surface area contributed by atoms with E-state index in [2.05, 4.69) is 19.6 Å². The van der Waals surface area contributed by atoms with Gasteiger partial charge in [0, 0.05) is 37.9 Å². The molecule has 0 bridgehead atoms. The number of piperidine rings is 1. The molecule has 0 radical (unpaired) electrons. The lowest BCUT2D eigenvalue weighted by molar-refractivity contribution is -0.159. The number of hydrogen-bond donors (Lipinski definition) is 0. The van der Waals surface area contributed by atoms with Crippen molar-refractivity contribution in [1.29, 1.82) is 0 Å². The van der Waals surface area contributed by atoms with Crippen LogP contribution in [0.4, 0.5) is 13.2 Å². The number of hydrogen-bond acceptors (Lipinski definition) is 5. The first-order chi connectivity index (χ1) is 13.8. The predicted octanol–water partition coefficient (Wildman–Crippen LogP) is 3.51. The third-order valence-corrected chi connectivity index (χ3v) is 4.96. The third-order valence-electron chi connectivity index (χ3n) is 4.96. The van der Waals surface area contributed by atoms with E-state index in [0.717, 1.165) is 12.8 Å². The van der Waals surface area contributed by atoms with Gasteiger partial charge < -0.3 is 14.0 Å². The van der Waals surface area contributed by atoms with Gasteiger partial charge in [0.2, 0.25) is 5.82 Å². The summed E-state index contributed by atoms with van der Waals surface area (Å²) in [6.07, 6.45) is -1.25. The van der Waals surface area contributed by atoms with Crippen LogP contribution in [0.5, 0.6) is 0 Å². The Morgan fingerprint density at radius 3 is 2.72 bits per heavy atom. The third kappa shape index (κ3) is 3.87. The van der Waals surface area contributed by atoms with Crippen LogP contribution in [0.15, 0.2) is 41.1 Å². The Kier molecular flexibility index (Phi) is 4.85. The second-order valence-corrected chi connectivity index (χ2v) is 6.96. The van der Waals surface area contributed by atoms with Gasteiger partial charge in [-0.2, -0.15) is 18.2 Å². The fourth-order valence-corrected chi connectivity index (χ4v) is 3.49. The van der Waals surface area contributed by atoms with E-state index in [-0.39, 0.29) is 23.3 Å². The highest BCUT2D eigenvalue weighted by atomic mass is 19.4. The summed E-state index contributed by atoms with van der Waals surface area (Å²) in [7, 11) is 1.82. The first kappa shape index (κ1) is 19.2. The summed E-state index contributed by atoms with van der Waals surface area (Å²) < 4.78 is 44.2. The fourth-order valence-electron chi connectivity index (χ4n) is 3.49. The van der Waals surface area contributed by atoms with Crippen molar-refractivity contribution in [1.82, 2.24) is 24.6 Å². The molecule has 0 spiro atoms. The Morgan fingerprint density at radius 1 is 1.21 bits per heavy atom. The lowest BCUT2D eigenvalue weighted by Crippen LogP contribution is -2.40. The summed E-state index contributed by atoms with van der Waals surface area (Å²) in [6, 6.07) is 8.62. The number of alkyl halides is 3. The maximum Gasteiger partial charge on any atom is 0.471 e. The average Bonchev–Trinajstić information content (AvgIpc) is 3.37. The van der Waals surface area contributed by atoms with E-state index in [1.54, 1.807) is 27.7 Å². The summed E-state index contributed by atoms with van der Waals surface area (Å²) >= 11 is 0. The van der Waals surface area contributed by atoms with Gasteiger partial charge in [-0.25, -0.2) is 4.98 Å². The van der Waals surface area contributed by atoms with E-state index in [4.69, 9.17) is 0 Å². The average molecular weight is 405 g/mol. The van der Waals surface area contributed by atoms with E-state index in [1.165, 1.54) is 6.07 Å². The second-order valence-electron chi connectivity index (χ2n) is 6.96. The van der Waals surface area contributed by atoms with Crippen LogP contribution in [0.25, 0.3) is 11.5 Å². The Bertz CT molecular complexity index is 1030. The summed E-state index contributed by atoms with van der Waals surface area (Å²) in [5.41, 5.74) is 1.50. The minimum atomic E-state index is -4.70. The van der Waals surface area contributed by atoms with Crippen LogP contribution in [0, 0.1) is 0 Å². The number of likely N-dealkylation sites (tertiary alicyclic amines) is 1. The molecule has 29 heavy (non-hydrogen) atoms. The number of nitrogens with zero attached hydrogens (tertiary/aromatic N) is 5. The van der Waals surface area contributed by atoms with Crippen LogP contribution in [-0.2, 0) is 13.2 Å². The predicted molar refractivity (Wildman–Crippen MR) is 95.8 cm³/mol. The highest BCUT2D eigenvalue weighted by Gasteiger charge is 2.38. The highest BCUT2D eigenvalue weighted by Crippen LogP contribution is 2.30. The minimum Gasteiger partial charge on any atom is -0.347 e. The molecule has 0 aromatic carbocycles. The van der Waals surface area contributed by atoms with Gasteiger partial charge in [0.15, 0.2) is 0 Å². The molecular weight excluding hydrogens is 387 g/mol. The number of carbonyl (C=O) groups is 1. The molecule has 0 aliphatic carbocycles. The van der Waals surface area contributed by atoms with Crippen molar-refractivity contribution < 1.29 is 22.5 Å². The van der Waals surface area contributed by atoms with Crippen LogP contribution < -0.4 is 0 Å². The van der Waals surface area contributed by atoms with Crippen LogP contribution >= 0.6 is 0 Å². The molecule has 0 unspecified atom stereocenters. The molecule has 4 rings (SSSR count). The smallest absolute Gasteiger partial charge is 0.347 e. The largest absolute Gasteiger partial charge is 0.471 e. The molecule has 1 aliphatic rings. The summed E-state index contributed by atoms with van der Waals surface area (Å²) in [5, 5.41) is 3.39. The van der Waals surface area contributed by atoms with Crippen molar-refractivity contribution in [2.24, 2.45) is 7.05 Å². The van der Waals surface area contributed by atoms with Crippen LogP contribution in [0.1, 0.15) is 40.8 Å². The van der Waals surface area contributed by atoms with Crippen molar-refractivity contribution in [3.05, 3.63) is 53.8 Å². The molecule has 1 amide bonds. The molecular formula is C19H18F3N5O2. The Morgan fingerprint density at radius 2 is 2.03 bits per heavy atom. The Hall–Kier alpha value is -3.17. The maximum absolute atomic E-state index is 12.8. The topological polar surface area (TPSA) is 77.0 Å². The molecule has 4 heterocycles. The molecule has 7 nitrogen and oxygen atoms in total. The van der Waals surface area contributed by atoms with E-state index in [0.29, 0.717) is 24.5 Å². The molecule has 1 aliphatic heterocycles. The Balaban J connectivity index is 1.54. The molecule has 1 atom stereocenters. The van der Waals surface area contributed by atoms with Gasteiger partial charge in [0.05, 0.1) is 0 Å². The van der Waals surface area contributed by atoms with Crippen molar-refractivity contribution >= 4 is 5.91 Å². The number of pyridine rings is 1. The molecule has 0 N–H and O–H groups in total. The van der Waals surface area contributed by atoms with Crippen LogP contribution in [0.3, 0.4) is 0 Å². The van der Waals surface area contributed by atoms with E-state index < -0.39 is 12.1 Å². The fraction of sp³-hybridized carbons (Fsp3) is 0.368. The van der Waals surface area contributed by atoms with Gasteiger partial charge >= 0.3 is 12.1 Å². The number of aromatic nitrogens is 4. The zero-order chi connectivity index (χ0) is 20.6. The van der Waals surface area contributed by atoms with Gasteiger partial charge in [0.25, 0.3) is 5.91 Å². The second kappa shape index (κ2) is 7.34. The minimum absolute atomic E-state index is 0.0260. The van der Waals surface area contributed by atoms with Crippen molar-refractivity contribution in [2.75, 3.05) is 13.1 Å². The molecule has 10 heteroatoms. The molecule has 3 aromatic rings. The van der Waals surface area contributed by atoms with E-state index in [9.17, 15) is 18.0 Å². The SMILES string of the molecule is Cn1cccc1C(=O)N1CCC[C@H](c2cccc(-c3noc(C(F)(F)F)n3)n2)C1. The lowest BCUT2D eigenvalue weighted by atomic mass is 9.94. The van der Waals surface area contributed by atoms with Crippen molar-refractivity contribution in [3.8, 4) is 11.5 Å². The maximum atomic E-state index is 12.8. The zero-order valence-electron chi connectivity index (χ0n) is 15.6. The van der Waals surface area contributed by atoms with Crippen molar-refractivity contribution in [2.45, 2.75) is 24.9 Å². The molecule has 1 saturated heterocycles. The first-order valence-corrected chi connectivity index (χ1v) is 9.12. The van der Waals surface area contributed by atoms with Crippen molar-refractivity contribution in [3.63, 3.8) is 0 Å². The van der Waals surface area contributed by atoms with Gasteiger partial charge in [-0.3, -0.25) is 4.79 Å². The molecule has 152 valence electrons. The summed E-state index contributed by atoms with van der Waals surface area (Å²) in [5.74, 6) is -1.70. The summed E-state index contributed by atoms with van der Waals surface area (Å²) in [6.45, 7) is 1.14.